The molecule has 0 spiro atoms. The summed E-state index contributed by atoms with van der Waals surface area (Å²) in [5.41, 5.74) is 0.822. The van der Waals surface area contributed by atoms with Crippen LogP contribution < -0.4 is 9.47 Å². The van der Waals surface area contributed by atoms with Crippen molar-refractivity contribution in [1.29, 1.82) is 0 Å². The van der Waals surface area contributed by atoms with Gasteiger partial charge in [0.1, 0.15) is 6.33 Å². The zero-order chi connectivity index (χ0) is 20.0. The second kappa shape index (κ2) is 9.52. The van der Waals surface area contributed by atoms with Crippen LogP contribution in [0.15, 0.2) is 24.7 Å². The van der Waals surface area contributed by atoms with E-state index in [-0.39, 0.29) is 5.60 Å². The maximum Gasteiger partial charge on any atom is 0.163 e. The highest BCUT2D eigenvalue weighted by molar-refractivity contribution is 5.81. The molecule has 154 valence electrons. The largest absolute Gasteiger partial charge is 0.493 e. The zero-order valence-corrected chi connectivity index (χ0v) is 17.6. The van der Waals surface area contributed by atoms with Gasteiger partial charge in [-0.15, -0.1) is 0 Å². The summed E-state index contributed by atoms with van der Waals surface area (Å²) in [5, 5.41) is 0.953. The molecule has 6 heteroatoms. The first-order chi connectivity index (χ1) is 13.4. The van der Waals surface area contributed by atoms with Gasteiger partial charge in [-0.05, 0) is 65.1 Å². The van der Waals surface area contributed by atoms with E-state index in [1.165, 1.54) is 12.8 Å². The van der Waals surface area contributed by atoms with Crippen LogP contribution in [0.3, 0.4) is 0 Å². The Bertz CT molecular complexity index is 752. The van der Waals surface area contributed by atoms with Gasteiger partial charge in [0.2, 0.25) is 0 Å². The molecule has 1 aromatic carbocycles. The number of ether oxygens (including phenoxy) is 3. The van der Waals surface area contributed by atoms with Crippen molar-refractivity contribution in [3.63, 3.8) is 0 Å². The molecule has 1 fully saturated rings. The fourth-order valence-corrected chi connectivity index (χ4v) is 3.58. The van der Waals surface area contributed by atoms with Crippen LogP contribution >= 0.6 is 0 Å². The Kier molecular flexibility index (Phi) is 7.08. The number of hydrogen-bond acceptors (Lipinski definition) is 6. The normalized spacial score (nSPS) is 16.4. The molecule has 0 atom stereocenters. The predicted octanol–water partition coefficient (Wildman–Crippen LogP) is 3.93. The van der Waals surface area contributed by atoms with Gasteiger partial charge in [0, 0.05) is 24.2 Å². The van der Waals surface area contributed by atoms with E-state index >= 15 is 0 Å². The minimum Gasteiger partial charge on any atom is -0.493 e. The molecule has 1 aliphatic rings. The SMILES string of the molecule is COc1cc2cncnc2cc1OCCC1CCN(CCOC(C)(C)C)CC1. The van der Waals surface area contributed by atoms with Crippen LogP contribution in [-0.4, -0.2) is 60.4 Å². The second-order valence-electron chi connectivity index (χ2n) is 8.47. The molecule has 0 amide bonds. The zero-order valence-electron chi connectivity index (χ0n) is 17.6. The van der Waals surface area contributed by atoms with Crippen LogP contribution in [0.2, 0.25) is 0 Å². The highest BCUT2D eigenvalue weighted by Crippen LogP contribution is 2.32. The van der Waals surface area contributed by atoms with E-state index in [1.807, 2.05) is 12.1 Å². The molecular formula is C22H33N3O3. The van der Waals surface area contributed by atoms with Crippen LogP contribution in [0.4, 0.5) is 0 Å². The van der Waals surface area contributed by atoms with Gasteiger partial charge in [-0.25, -0.2) is 9.97 Å². The Labute approximate surface area is 168 Å². The number of methoxy groups -OCH3 is 1. The molecule has 0 saturated carbocycles. The maximum absolute atomic E-state index is 6.05. The Morgan fingerprint density at radius 1 is 1.11 bits per heavy atom. The van der Waals surface area contributed by atoms with Gasteiger partial charge in [0.05, 0.1) is 31.4 Å². The van der Waals surface area contributed by atoms with E-state index in [9.17, 15) is 0 Å². The van der Waals surface area contributed by atoms with Gasteiger partial charge < -0.3 is 19.1 Å². The summed E-state index contributed by atoms with van der Waals surface area (Å²) in [6.07, 6.45) is 6.85. The highest BCUT2D eigenvalue weighted by Gasteiger charge is 2.20. The summed E-state index contributed by atoms with van der Waals surface area (Å²) in [7, 11) is 1.66. The van der Waals surface area contributed by atoms with Crippen molar-refractivity contribution in [1.82, 2.24) is 14.9 Å². The third-order valence-corrected chi connectivity index (χ3v) is 5.22. The second-order valence-corrected chi connectivity index (χ2v) is 8.47. The van der Waals surface area contributed by atoms with Crippen molar-refractivity contribution in [3.8, 4) is 11.5 Å². The number of hydrogen-bond donors (Lipinski definition) is 0. The molecule has 3 rings (SSSR count). The van der Waals surface area contributed by atoms with E-state index in [0.717, 1.165) is 55.1 Å². The van der Waals surface area contributed by atoms with Crippen molar-refractivity contribution in [2.45, 2.75) is 45.6 Å². The summed E-state index contributed by atoms with van der Waals surface area (Å²) < 4.78 is 17.4. The Hall–Kier alpha value is -1.92. The van der Waals surface area contributed by atoms with Gasteiger partial charge in [0.15, 0.2) is 11.5 Å². The smallest absolute Gasteiger partial charge is 0.163 e. The number of piperidine rings is 1. The van der Waals surface area contributed by atoms with Crippen LogP contribution in [-0.2, 0) is 4.74 Å². The van der Waals surface area contributed by atoms with Crippen LogP contribution in [0.5, 0.6) is 11.5 Å². The lowest BCUT2D eigenvalue weighted by molar-refractivity contribution is -0.0165. The van der Waals surface area contributed by atoms with E-state index in [2.05, 4.69) is 35.6 Å². The van der Waals surface area contributed by atoms with E-state index in [4.69, 9.17) is 14.2 Å². The third kappa shape index (κ3) is 6.04. The van der Waals surface area contributed by atoms with Gasteiger partial charge in [-0.3, -0.25) is 0 Å². The highest BCUT2D eigenvalue weighted by atomic mass is 16.5. The van der Waals surface area contributed by atoms with E-state index in [1.54, 1.807) is 19.6 Å². The first-order valence-electron chi connectivity index (χ1n) is 10.2. The standard InChI is InChI=1S/C22H33N3O3/c1-22(2,3)28-12-10-25-8-5-17(6-9-25)7-11-27-21-14-19-18(13-20(21)26-4)15-23-16-24-19/h13-17H,5-12H2,1-4H3. The van der Waals surface area contributed by atoms with Crippen molar-refractivity contribution < 1.29 is 14.2 Å². The molecule has 28 heavy (non-hydrogen) atoms. The summed E-state index contributed by atoms with van der Waals surface area (Å²) in [5.74, 6) is 2.20. The molecule has 0 unspecified atom stereocenters. The molecule has 2 heterocycles. The van der Waals surface area contributed by atoms with Crippen molar-refractivity contribution >= 4 is 10.9 Å². The summed E-state index contributed by atoms with van der Waals surface area (Å²) in [6.45, 7) is 11.1. The minimum atomic E-state index is -0.0501. The Balaban J connectivity index is 1.42. The monoisotopic (exact) mass is 387 g/mol. The molecule has 1 saturated heterocycles. The molecule has 1 aliphatic heterocycles. The number of fused-ring (bicyclic) bond motifs is 1. The number of aromatic nitrogens is 2. The summed E-state index contributed by atoms with van der Waals surface area (Å²) >= 11 is 0. The predicted molar refractivity (Wildman–Crippen MR) is 111 cm³/mol. The fourth-order valence-electron chi connectivity index (χ4n) is 3.58. The molecule has 2 aromatic rings. The van der Waals surface area contributed by atoms with Gasteiger partial charge in [0.25, 0.3) is 0 Å². The fraction of sp³-hybridized carbons (Fsp3) is 0.636. The first kappa shape index (κ1) is 20.8. The van der Waals surface area contributed by atoms with Crippen molar-refractivity contribution in [3.05, 3.63) is 24.7 Å². The van der Waals surface area contributed by atoms with Crippen LogP contribution in [0, 0.1) is 5.92 Å². The van der Waals surface area contributed by atoms with Gasteiger partial charge in [-0.2, -0.15) is 0 Å². The van der Waals surface area contributed by atoms with Crippen molar-refractivity contribution in [2.75, 3.05) is 40.0 Å². The molecule has 0 aliphatic carbocycles. The average Bonchev–Trinajstić information content (AvgIpc) is 2.67. The number of rotatable bonds is 8. The van der Waals surface area contributed by atoms with Crippen LogP contribution in [0.25, 0.3) is 10.9 Å². The van der Waals surface area contributed by atoms with Crippen molar-refractivity contribution in [2.24, 2.45) is 5.92 Å². The topological polar surface area (TPSA) is 56.7 Å². The van der Waals surface area contributed by atoms with E-state index < -0.39 is 0 Å². The molecule has 0 bridgehead atoms. The number of nitrogens with zero attached hydrogens (tertiary/aromatic N) is 3. The Morgan fingerprint density at radius 3 is 2.61 bits per heavy atom. The lowest BCUT2D eigenvalue weighted by Crippen LogP contribution is -2.37. The van der Waals surface area contributed by atoms with Gasteiger partial charge in [-0.1, -0.05) is 0 Å². The quantitative estimate of drug-likeness (QED) is 0.684. The Morgan fingerprint density at radius 2 is 1.89 bits per heavy atom. The summed E-state index contributed by atoms with van der Waals surface area (Å²) in [4.78, 5) is 10.9. The molecular weight excluding hydrogens is 354 g/mol. The third-order valence-electron chi connectivity index (χ3n) is 5.22. The number of benzene rings is 1. The van der Waals surface area contributed by atoms with Crippen LogP contribution in [0.1, 0.15) is 40.0 Å². The summed E-state index contributed by atoms with van der Waals surface area (Å²) in [6, 6.07) is 3.87. The molecule has 1 aromatic heterocycles. The first-order valence-corrected chi connectivity index (χ1v) is 10.2. The lowest BCUT2D eigenvalue weighted by atomic mass is 9.94. The van der Waals surface area contributed by atoms with E-state index in [0.29, 0.717) is 12.5 Å². The maximum atomic E-state index is 6.05. The number of likely N-dealkylation sites (tertiary alicyclic amines) is 1. The molecule has 0 radical (unpaired) electrons. The minimum absolute atomic E-state index is 0.0501. The average molecular weight is 388 g/mol. The van der Waals surface area contributed by atoms with Gasteiger partial charge >= 0.3 is 0 Å². The molecule has 0 N–H and O–H groups in total. The molecule has 6 nitrogen and oxygen atoms in total. The lowest BCUT2D eigenvalue weighted by Gasteiger charge is -2.32.